The molecule has 0 spiro atoms. The number of hydrogen-bond acceptors (Lipinski definition) is 6. The SMILES string of the molecule is COc1ccc(N2CC(C(=O)NCC(=O)N3CCN(c4ccccn4)CC3)CC2=O)cc1. The number of nitrogens with one attached hydrogen (secondary N) is 1. The van der Waals surface area contributed by atoms with Crippen molar-refractivity contribution in [1.82, 2.24) is 15.2 Å². The Morgan fingerprint density at radius 3 is 2.50 bits per heavy atom. The fourth-order valence-corrected chi connectivity index (χ4v) is 4.04. The van der Waals surface area contributed by atoms with Crippen molar-refractivity contribution in [2.45, 2.75) is 6.42 Å². The van der Waals surface area contributed by atoms with Crippen molar-refractivity contribution in [2.24, 2.45) is 5.92 Å². The molecule has 1 unspecified atom stereocenters. The zero-order chi connectivity index (χ0) is 22.5. The zero-order valence-corrected chi connectivity index (χ0v) is 18.1. The summed E-state index contributed by atoms with van der Waals surface area (Å²) in [5.41, 5.74) is 0.730. The van der Waals surface area contributed by atoms with Gasteiger partial charge in [-0.3, -0.25) is 14.4 Å². The van der Waals surface area contributed by atoms with Crippen LogP contribution in [-0.2, 0) is 14.4 Å². The lowest BCUT2D eigenvalue weighted by Gasteiger charge is -2.35. The lowest BCUT2D eigenvalue weighted by Crippen LogP contribution is -2.51. The Morgan fingerprint density at radius 2 is 1.84 bits per heavy atom. The van der Waals surface area contributed by atoms with Gasteiger partial charge in [0.05, 0.1) is 19.6 Å². The van der Waals surface area contributed by atoms with E-state index in [0.717, 1.165) is 11.5 Å². The third-order valence-electron chi connectivity index (χ3n) is 5.90. The summed E-state index contributed by atoms with van der Waals surface area (Å²) in [6, 6.07) is 12.9. The third kappa shape index (κ3) is 4.82. The molecule has 168 valence electrons. The van der Waals surface area contributed by atoms with Gasteiger partial charge in [0, 0.05) is 51.0 Å². The summed E-state index contributed by atoms with van der Waals surface area (Å²) in [5, 5.41) is 2.72. The summed E-state index contributed by atoms with van der Waals surface area (Å²) >= 11 is 0. The van der Waals surface area contributed by atoms with E-state index in [-0.39, 0.29) is 30.7 Å². The minimum atomic E-state index is -0.474. The molecule has 0 bridgehead atoms. The normalized spacial score (nSPS) is 18.6. The fourth-order valence-electron chi connectivity index (χ4n) is 4.04. The Bertz CT molecular complexity index is 958. The zero-order valence-electron chi connectivity index (χ0n) is 18.1. The number of methoxy groups -OCH3 is 1. The summed E-state index contributed by atoms with van der Waals surface area (Å²) < 4.78 is 5.14. The van der Waals surface area contributed by atoms with E-state index in [0.29, 0.717) is 38.5 Å². The first-order valence-electron chi connectivity index (χ1n) is 10.7. The average Bonchev–Trinajstić information content (AvgIpc) is 3.24. The molecule has 3 heterocycles. The van der Waals surface area contributed by atoms with Crippen LogP contribution in [0.25, 0.3) is 0 Å². The number of ether oxygens (including phenoxy) is 1. The highest BCUT2D eigenvalue weighted by atomic mass is 16.5. The number of amides is 3. The van der Waals surface area contributed by atoms with Crippen molar-refractivity contribution in [1.29, 1.82) is 0 Å². The highest BCUT2D eigenvalue weighted by Crippen LogP contribution is 2.26. The molecule has 0 aliphatic carbocycles. The van der Waals surface area contributed by atoms with E-state index in [9.17, 15) is 14.4 Å². The van der Waals surface area contributed by atoms with Gasteiger partial charge >= 0.3 is 0 Å². The number of aromatic nitrogens is 1. The van der Waals surface area contributed by atoms with Crippen molar-refractivity contribution in [3.8, 4) is 5.75 Å². The molecule has 2 aromatic rings. The molecule has 2 aliphatic heterocycles. The van der Waals surface area contributed by atoms with Gasteiger partial charge in [0.15, 0.2) is 0 Å². The Morgan fingerprint density at radius 1 is 1.09 bits per heavy atom. The topological polar surface area (TPSA) is 95.1 Å². The number of piperazine rings is 1. The third-order valence-corrected chi connectivity index (χ3v) is 5.90. The van der Waals surface area contributed by atoms with Crippen molar-refractivity contribution in [3.05, 3.63) is 48.7 Å². The standard InChI is InChI=1S/C23H27N5O4/c1-32-19-7-5-18(6-8-19)28-16-17(14-21(28)29)23(31)25-15-22(30)27-12-10-26(11-13-27)20-4-2-3-9-24-20/h2-9,17H,10-16H2,1H3,(H,25,31). The monoisotopic (exact) mass is 437 g/mol. The molecule has 0 radical (unpaired) electrons. The maximum atomic E-state index is 12.6. The number of rotatable bonds is 6. The van der Waals surface area contributed by atoms with Crippen LogP contribution >= 0.6 is 0 Å². The molecule has 0 saturated carbocycles. The molecule has 32 heavy (non-hydrogen) atoms. The van der Waals surface area contributed by atoms with Gasteiger partial charge in [-0.2, -0.15) is 0 Å². The second-order valence-corrected chi connectivity index (χ2v) is 7.88. The van der Waals surface area contributed by atoms with E-state index >= 15 is 0 Å². The number of carbonyl (C=O) groups excluding carboxylic acids is 3. The molecular weight excluding hydrogens is 410 g/mol. The number of nitrogens with zero attached hydrogens (tertiary/aromatic N) is 4. The van der Waals surface area contributed by atoms with E-state index < -0.39 is 5.92 Å². The van der Waals surface area contributed by atoms with Crippen molar-refractivity contribution < 1.29 is 19.1 Å². The quantitative estimate of drug-likeness (QED) is 0.722. The molecule has 3 amide bonds. The van der Waals surface area contributed by atoms with Gasteiger partial charge < -0.3 is 24.8 Å². The number of pyridine rings is 1. The number of anilines is 2. The molecule has 9 nitrogen and oxygen atoms in total. The van der Waals surface area contributed by atoms with E-state index in [2.05, 4.69) is 15.2 Å². The summed E-state index contributed by atoms with van der Waals surface area (Å²) in [6.07, 6.45) is 1.89. The maximum absolute atomic E-state index is 12.6. The molecule has 2 saturated heterocycles. The van der Waals surface area contributed by atoms with E-state index in [1.807, 2.05) is 18.2 Å². The Kier molecular flexibility index (Phi) is 6.53. The minimum Gasteiger partial charge on any atom is -0.497 e. The summed E-state index contributed by atoms with van der Waals surface area (Å²) in [4.78, 5) is 47.4. The molecular formula is C23H27N5O4. The predicted molar refractivity (Wildman–Crippen MR) is 119 cm³/mol. The van der Waals surface area contributed by atoms with Gasteiger partial charge in [-0.1, -0.05) is 6.07 Å². The number of hydrogen-bond donors (Lipinski definition) is 1. The molecule has 1 aromatic heterocycles. The first kappa shape index (κ1) is 21.6. The van der Waals surface area contributed by atoms with Crippen LogP contribution in [0.15, 0.2) is 48.7 Å². The number of benzene rings is 1. The lowest BCUT2D eigenvalue weighted by molar-refractivity contribution is -0.134. The Labute approximate surface area is 187 Å². The van der Waals surface area contributed by atoms with Crippen molar-refractivity contribution >= 4 is 29.2 Å². The molecule has 1 aromatic carbocycles. The average molecular weight is 438 g/mol. The van der Waals surface area contributed by atoms with Gasteiger partial charge in [0.2, 0.25) is 17.7 Å². The van der Waals surface area contributed by atoms with Gasteiger partial charge in [-0.15, -0.1) is 0 Å². The van der Waals surface area contributed by atoms with E-state index in [1.54, 1.807) is 47.4 Å². The van der Waals surface area contributed by atoms with Gasteiger partial charge in [-0.05, 0) is 36.4 Å². The Balaban J connectivity index is 1.24. The highest BCUT2D eigenvalue weighted by molar-refractivity contribution is 6.00. The van der Waals surface area contributed by atoms with Gasteiger partial charge in [0.1, 0.15) is 11.6 Å². The smallest absolute Gasteiger partial charge is 0.242 e. The molecule has 2 aliphatic rings. The highest BCUT2D eigenvalue weighted by Gasteiger charge is 2.35. The maximum Gasteiger partial charge on any atom is 0.242 e. The van der Waals surface area contributed by atoms with Crippen molar-refractivity contribution in [2.75, 3.05) is 56.2 Å². The molecule has 4 rings (SSSR count). The van der Waals surface area contributed by atoms with E-state index in [1.165, 1.54) is 0 Å². The molecule has 1 N–H and O–H groups in total. The summed E-state index contributed by atoms with van der Waals surface area (Å²) in [5.74, 6) is 0.644. The van der Waals surface area contributed by atoms with Crippen LogP contribution in [0.3, 0.4) is 0 Å². The van der Waals surface area contributed by atoms with Crippen LogP contribution in [-0.4, -0.2) is 74.0 Å². The summed E-state index contributed by atoms with van der Waals surface area (Å²) in [6.45, 7) is 2.80. The van der Waals surface area contributed by atoms with Crippen LogP contribution in [0, 0.1) is 5.92 Å². The first-order chi connectivity index (χ1) is 15.5. The first-order valence-corrected chi connectivity index (χ1v) is 10.7. The van der Waals surface area contributed by atoms with Crippen LogP contribution in [0.2, 0.25) is 0 Å². The van der Waals surface area contributed by atoms with Crippen LogP contribution < -0.4 is 19.9 Å². The lowest BCUT2D eigenvalue weighted by atomic mass is 10.1. The van der Waals surface area contributed by atoms with Crippen LogP contribution in [0.1, 0.15) is 6.42 Å². The fraction of sp³-hybridized carbons (Fsp3) is 0.391. The summed E-state index contributed by atoms with van der Waals surface area (Å²) in [7, 11) is 1.58. The van der Waals surface area contributed by atoms with Gasteiger partial charge in [-0.25, -0.2) is 4.98 Å². The van der Waals surface area contributed by atoms with Crippen LogP contribution in [0.5, 0.6) is 5.75 Å². The Hall–Kier alpha value is -3.62. The number of carbonyl (C=O) groups is 3. The second-order valence-electron chi connectivity index (χ2n) is 7.88. The molecule has 1 atom stereocenters. The van der Waals surface area contributed by atoms with Gasteiger partial charge in [0.25, 0.3) is 0 Å². The molecule has 9 heteroatoms. The second kappa shape index (κ2) is 9.67. The minimum absolute atomic E-state index is 0.0599. The molecule has 2 fully saturated rings. The van der Waals surface area contributed by atoms with Crippen LogP contribution in [0.4, 0.5) is 11.5 Å². The van der Waals surface area contributed by atoms with E-state index in [4.69, 9.17) is 4.74 Å². The van der Waals surface area contributed by atoms with Crippen molar-refractivity contribution in [3.63, 3.8) is 0 Å². The predicted octanol–water partition coefficient (Wildman–Crippen LogP) is 0.908. The largest absolute Gasteiger partial charge is 0.497 e.